The second-order valence-corrected chi connectivity index (χ2v) is 7.38. The van der Waals surface area contributed by atoms with Crippen molar-refractivity contribution in [1.82, 2.24) is 5.43 Å². The molecule has 3 rings (SSSR count). The molecule has 8 nitrogen and oxygen atoms in total. The van der Waals surface area contributed by atoms with E-state index < -0.39 is 10.8 Å². The Bertz CT molecular complexity index is 1080. The van der Waals surface area contributed by atoms with Crippen LogP contribution >= 0.6 is 38.5 Å². The van der Waals surface area contributed by atoms with Crippen LogP contribution in [0.4, 0.5) is 5.69 Å². The predicted molar refractivity (Wildman–Crippen MR) is 111 cm³/mol. The van der Waals surface area contributed by atoms with Gasteiger partial charge in [-0.05, 0) is 52.9 Å². The predicted octanol–water partition coefficient (Wildman–Crippen LogP) is 4.48. The zero-order valence-electron chi connectivity index (χ0n) is 13.7. The molecule has 3 aromatic rings. The number of fused-ring (bicyclic) bond motifs is 1. The van der Waals surface area contributed by atoms with E-state index in [1.54, 1.807) is 18.2 Å². The smallest absolute Gasteiger partial charge is 0.312 e. The summed E-state index contributed by atoms with van der Waals surface area (Å²) in [4.78, 5) is 22.8. The molecule has 1 N–H and O–H groups in total. The highest BCUT2D eigenvalue weighted by Gasteiger charge is 2.19. The normalized spacial score (nSPS) is 11.1. The summed E-state index contributed by atoms with van der Waals surface area (Å²) in [5.41, 5.74) is 3.18. The highest BCUT2D eigenvalue weighted by Crippen LogP contribution is 2.32. The Labute approximate surface area is 175 Å². The molecule has 0 saturated heterocycles. The van der Waals surface area contributed by atoms with Gasteiger partial charge in [-0.3, -0.25) is 14.9 Å². The lowest BCUT2D eigenvalue weighted by atomic mass is 10.2. The largest absolute Gasteiger partial charge is 0.489 e. The number of hydrazone groups is 1. The number of ether oxygens (including phenoxy) is 1. The summed E-state index contributed by atoms with van der Waals surface area (Å²) in [5, 5.41) is 15.8. The van der Waals surface area contributed by atoms with E-state index in [0.29, 0.717) is 14.7 Å². The van der Waals surface area contributed by atoms with Crippen molar-refractivity contribution in [1.29, 1.82) is 0 Å². The van der Waals surface area contributed by atoms with Crippen molar-refractivity contribution in [2.24, 2.45) is 5.10 Å². The number of nitro groups is 1. The minimum atomic E-state index is -0.538. The first-order valence-corrected chi connectivity index (χ1v) is 9.30. The van der Waals surface area contributed by atoms with Crippen molar-refractivity contribution in [2.45, 2.75) is 0 Å². The van der Waals surface area contributed by atoms with Crippen molar-refractivity contribution in [3.05, 3.63) is 65.9 Å². The molecule has 0 saturated carbocycles. The lowest BCUT2D eigenvalue weighted by Gasteiger charge is -2.05. The van der Waals surface area contributed by atoms with Crippen LogP contribution in [0, 0.1) is 13.7 Å². The Balaban J connectivity index is 1.78. The van der Waals surface area contributed by atoms with E-state index in [2.05, 4.69) is 26.5 Å². The third-order valence-electron chi connectivity index (χ3n) is 3.53. The van der Waals surface area contributed by atoms with Crippen LogP contribution in [-0.4, -0.2) is 24.2 Å². The standard InChI is InChI=1S/C17H11BrIN3O5/c1-26-16-12(19)4-9(5-13(16)22(24)25)8-20-21-17(23)15-7-10-6-11(18)2-3-14(10)27-15/h2-8H,1H3,(H,21,23)/b20-8+. The number of hydrogen-bond donors (Lipinski definition) is 1. The molecule has 0 unspecified atom stereocenters. The molecular formula is C17H11BrIN3O5. The summed E-state index contributed by atoms with van der Waals surface area (Å²) in [6.07, 6.45) is 1.31. The Morgan fingerprint density at radius 1 is 1.37 bits per heavy atom. The Morgan fingerprint density at radius 2 is 2.15 bits per heavy atom. The quantitative estimate of drug-likeness (QED) is 0.221. The number of carbonyl (C=O) groups is 1. The number of nitrogens with one attached hydrogen (secondary N) is 1. The average molecular weight is 544 g/mol. The average Bonchev–Trinajstić information content (AvgIpc) is 3.04. The summed E-state index contributed by atoms with van der Waals surface area (Å²) >= 11 is 5.29. The van der Waals surface area contributed by atoms with Crippen LogP contribution < -0.4 is 10.2 Å². The van der Waals surface area contributed by atoms with Crippen LogP contribution in [0.5, 0.6) is 5.75 Å². The zero-order chi connectivity index (χ0) is 19.6. The Kier molecular flexibility index (Phi) is 5.75. The molecular weight excluding hydrogens is 533 g/mol. The molecule has 0 bridgehead atoms. The lowest BCUT2D eigenvalue weighted by Crippen LogP contribution is -2.16. The van der Waals surface area contributed by atoms with E-state index in [4.69, 9.17) is 9.15 Å². The van der Waals surface area contributed by atoms with E-state index in [-0.39, 0.29) is 17.2 Å². The second-order valence-electron chi connectivity index (χ2n) is 5.30. The van der Waals surface area contributed by atoms with Gasteiger partial charge in [0.15, 0.2) is 5.76 Å². The first-order valence-electron chi connectivity index (χ1n) is 7.43. The molecule has 1 aromatic heterocycles. The van der Waals surface area contributed by atoms with Crippen molar-refractivity contribution in [3.8, 4) is 5.75 Å². The van der Waals surface area contributed by atoms with Gasteiger partial charge < -0.3 is 9.15 Å². The summed E-state index contributed by atoms with van der Waals surface area (Å²) in [6.45, 7) is 0. The van der Waals surface area contributed by atoms with Crippen molar-refractivity contribution in [2.75, 3.05) is 7.11 Å². The Hall–Kier alpha value is -2.47. The first-order chi connectivity index (χ1) is 12.9. The molecule has 0 fully saturated rings. The van der Waals surface area contributed by atoms with Crippen LogP contribution in [-0.2, 0) is 0 Å². The minimum Gasteiger partial charge on any atom is -0.489 e. The number of amides is 1. The van der Waals surface area contributed by atoms with Crippen LogP contribution in [0.2, 0.25) is 0 Å². The molecule has 1 amide bonds. The maximum atomic E-state index is 12.2. The highest BCUT2D eigenvalue weighted by molar-refractivity contribution is 14.1. The van der Waals surface area contributed by atoms with E-state index in [1.807, 2.05) is 34.7 Å². The number of methoxy groups -OCH3 is 1. The van der Waals surface area contributed by atoms with Gasteiger partial charge in [-0.2, -0.15) is 5.10 Å². The fourth-order valence-corrected chi connectivity index (χ4v) is 3.59. The number of rotatable bonds is 5. The van der Waals surface area contributed by atoms with Crippen molar-refractivity contribution in [3.63, 3.8) is 0 Å². The number of furan rings is 1. The van der Waals surface area contributed by atoms with Gasteiger partial charge in [-0.25, -0.2) is 5.43 Å². The van der Waals surface area contributed by atoms with Gasteiger partial charge in [-0.1, -0.05) is 15.9 Å². The fraction of sp³-hybridized carbons (Fsp3) is 0.0588. The summed E-state index contributed by atoms with van der Waals surface area (Å²) in [5.74, 6) is -0.248. The molecule has 0 atom stereocenters. The monoisotopic (exact) mass is 543 g/mol. The number of nitro benzene ring substituents is 1. The van der Waals surface area contributed by atoms with Crippen LogP contribution in [0.3, 0.4) is 0 Å². The van der Waals surface area contributed by atoms with Gasteiger partial charge >= 0.3 is 11.6 Å². The van der Waals surface area contributed by atoms with Gasteiger partial charge in [0.25, 0.3) is 0 Å². The number of halogens is 2. The molecule has 27 heavy (non-hydrogen) atoms. The molecule has 0 aliphatic heterocycles. The fourth-order valence-electron chi connectivity index (χ4n) is 2.36. The van der Waals surface area contributed by atoms with Crippen LogP contribution in [0.1, 0.15) is 16.1 Å². The minimum absolute atomic E-state index is 0.107. The number of carbonyl (C=O) groups excluding carboxylic acids is 1. The Morgan fingerprint density at radius 3 is 2.85 bits per heavy atom. The molecule has 2 aromatic carbocycles. The molecule has 0 radical (unpaired) electrons. The number of hydrogen-bond acceptors (Lipinski definition) is 6. The van der Waals surface area contributed by atoms with Gasteiger partial charge in [0.1, 0.15) is 5.58 Å². The molecule has 138 valence electrons. The van der Waals surface area contributed by atoms with Gasteiger partial charge in [-0.15, -0.1) is 0 Å². The highest BCUT2D eigenvalue weighted by atomic mass is 127. The summed E-state index contributed by atoms with van der Waals surface area (Å²) in [6, 6.07) is 9.96. The maximum absolute atomic E-state index is 12.2. The van der Waals surface area contributed by atoms with E-state index >= 15 is 0 Å². The third kappa shape index (κ3) is 4.27. The van der Waals surface area contributed by atoms with E-state index in [9.17, 15) is 14.9 Å². The van der Waals surface area contributed by atoms with Gasteiger partial charge in [0, 0.05) is 21.5 Å². The number of nitrogens with zero attached hydrogens (tertiary/aromatic N) is 2. The van der Waals surface area contributed by atoms with E-state index in [1.165, 1.54) is 19.4 Å². The first kappa shape index (κ1) is 19.3. The maximum Gasteiger partial charge on any atom is 0.312 e. The topological polar surface area (TPSA) is 107 Å². The van der Waals surface area contributed by atoms with Crippen LogP contribution in [0.15, 0.2) is 50.4 Å². The van der Waals surface area contributed by atoms with Crippen molar-refractivity contribution < 1.29 is 18.9 Å². The lowest BCUT2D eigenvalue weighted by molar-refractivity contribution is -0.385. The van der Waals surface area contributed by atoms with Crippen molar-refractivity contribution >= 4 is 67.3 Å². The molecule has 10 heteroatoms. The zero-order valence-corrected chi connectivity index (χ0v) is 17.5. The van der Waals surface area contributed by atoms with E-state index in [0.717, 1.165) is 9.86 Å². The summed E-state index contributed by atoms with van der Waals surface area (Å²) < 4.78 is 12.0. The van der Waals surface area contributed by atoms with Gasteiger partial charge in [0.05, 0.1) is 21.8 Å². The molecule has 0 aliphatic carbocycles. The molecule has 1 heterocycles. The van der Waals surface area contributed by atoms with Crippen LogP contribution in [0.25, 0.3) is 11.0 Å². The molecule has 0 aliphatic rings. The second kappa shape index (κ2) is 8.05. The summed E-state index contributed by atoms with van der Waals surface area (Å²) in [7, 11) is 1.37. The van der Waals surface area contributed by atoms with Gasteiger partial charge in [0.2, 0.25) is 5.75 Å². The SMILES string of the molecule is COc1c(I)cc(/C=N/NC(=O)c2cc3cc(Br)ccc3o2)cc1[N+](=O)[O-]. The third-order valence-corrected chi connectivity index (χ3v) is 4.82. The molecule has 0 spiro atoms. The number of benzene rings is 2.